The van der Waals surface area contributed by atoms with Gasteiger partial charge in [0.2, 0.25) is 15.9 Å². The number of hydrogen-bond acceptors (Lipinski definition) is 4. The van der Waals surface area contributed by atoms with E-state index in [1.54, 1.807) is 24.3 Å². The van der Waals surface area contributed by atoms with Gasteiger partial charge in [-0.1, -0.05) is 42.5 Å². The monoisotopic (exact) mass is 376 g/mol. The van der Waals surface area contributed by atoms with Crippen LogP contribution in [0.25, 0.3) is 0 Å². The molecule has 0 heterocycles. The Morgan fingerprint density at radius 2 is 1.69 bits per heavy atom. The van der Waals surface area contributed by atoms with Gasteiger partial charge in [-0.3, -0.25) is 4.79 Å². The Kier molecular flexibility index (Phi) is 7.17. The van der Waals surface area contributed by atoms with Crippen molar-refractivity contribution in [2.24, 2.45) is 0 Å². The van der Waals surface area contributed by atoms with E-state index in [0.717, 1.165) is 5.56 Å². The van der Waals surface area contributed by atoms with Crippen LogP contribution in [0.5, 0.6) is 5.75 Å². The van der Waals surface area contributed by atoms with Crippen LogP contribution in [0.15, 0.2) is 54.6 Å². The molecule has 0 aliphatic heterocycles. The minimum absolute atomic E-state index is 0.0375. The van der Waals surface area contributed by atoms with Crippen molar-refractivity contribution in [1.82, 2.24) is 4.72 Å². The maximum Gasteiger partial charge on any atom is 0.239 e. The number of sulfonamides is 1. The zero-order valence-corrected chi connectivity index (χ0v) is 15.8. The fraction of sp³-hybridized carbons (Fsp3) is 0.316. The van der Waals surface area contributed by atoms with Gasteiger partial charge in [-0.05, 0) is 38.0 Å². The molecule has 0 saturated carbocycles. The molecule has 140 valence electrons. The van der Waals surface area contributed by atoms with Gasteiger partial charge < -0.3 is 10.1 Å². The number of benzene rings is 2. The van der Waals surface area contributed by atoms with Gasteiger partial charge >= 0.3 is 0 Å². The summed E-state index contributed by atoms with van der Waals surface area (Å²) in [4.78, 5) is 12.1. The second-order valence-electron chi connectivity index (χ2n) is 6.09. The van der Waals surface area contributed by atoms with E-state index in [1.165, 1.54) is 0 Å². The first-order chi connectivity index (χ1) is 12.4. The third-order valence-electron chi connectivity index (χ3n) is 3.48. The molecule has 2 aromatic rings. The maximum atomic E-state index is 12.1. The zero-order chi connectivity index (χ0) is 19.0. The predicted octanol–water partition coefficient (Wildman–Crippen LogP) is 2.57. The van der Waals surface area contributed by atoms with Gasteiger partial charge in [0.05, 0.1) is 24.1 Å². The molecule has 2 rings (SSSR count). The highest BCUT2D eigenvalue weighted by molar-refractivity contribution is 7.89. The average Bonchev–Trinajstić information content (AvgIpc) is 2.61. The molecule has 0 atom stereocenters. The molecular weight excluding hydrogens is 352 g/mol. The second-order valence-corrected chi connectivity index (χ2v) is 8.01. The number of rotatable bonds is 9. The van der Waals surface area contributed by atoms with Crippen LogP contribution in [-0.2, 0) is 21.2 Å². The van der Waals surface area contributed by atoms with Crippen molar-refractivity contribution in [3.63, 3.8) is 0 Å². The molecule has 0 bridgehead atoms. The Morgan fingerprint density at radius 3 is 2.38 bits per heavy atom. The lowest BCUT2D eigenvalue weighted by molar-refractivity contribution is -0.115. The number of nitrogens with one attached hydrogen (secondary N) is 2. The maximum absolute atomic E-state index is 12.1. The van der Waals surface area contributed by atoms with Crippen LogP contribution >= 0.6 is 0 Å². The van der Waals surface area contributed by atoms with Gasteiger partial charge in [-0.25, -0.2) is 13.1 Å². The third-order valence-corrected chi connectivity index (χ3v) is 4.80. The topological polar surface area (TPSA) is 84.5 Å². The van der Waals surface area contributed by atoms with E-state index in [0.29, 0.717) is 17.9 Å². The largest absolute Gasteiger partial charge is 0.489 e. The fourth-order valence-corrected chi connectivity index (χ4v) is 3.27. The van der Waals surface area contributed by atoms with Crippen LogP contribution in [-0.4, -0.2) is 32.7 Å². The Balaban J connectivity index is 1.86. The van der Waals surface area contributed by atoms with Crippen molar-refractivity contribution in [3.05, 3.63) is 60.2 Å². The highest BCUT2D eigenvalue weighted by Crippen LogP contribution is 2.24. The summed E-state index contributed by atoms with van der Waals surface area (Å²) in [6.45, 7) is 3.45. The molecule has 0 radical (unpaired) electrons. The van der Waals surface area contributed by atoms with E-state index in [4.69, 9.17) is 4.74 Å². The van der Waals surface area contributed by atoms with E-state index in [-0.39, 0.29) is 18.4 Å². The smallest absolute Gasteiger partial charge is 0.239 e. The Morgan fingerprint density at radius 1 is 1.04 bits per heavy atom. The predicted molar refractivity (Wildman–Crippen MR) is 103 cm³/mol. The van der Waals surface area contributed by atoms with E-state index in [2.05, 4.69) is 10.0 Å². The molecule has 2 aromatic carbocycles. The van der Waals surface area contributed by atoms with Crippen LogP contribution in [0.1, 0.15) is 19.4 Å². The van der Waals surface area contributed by atoms with Crippen LogP contribution in [0, 0.1) is 0 Å². The number of aryl methyl sites for hydroxylation is 1. The second kappa shape index (κ2) is 9.35. The van der Waals surface area contributed by atoms with Crippen LogP contribution in [0.2, 0.25) is 0 Å². The van der Waals surface area contributed by atoms with Gasteiger partial charge in [-0.2, -0.15) is 0 Å². The summed E-state index contributed by atoms with van der Waals surface area (Å²) in [5.41, 5.74) is 1.44. The number of amides is 1. The van der Waals surface area contributed by atoms with Crippen LogP contribution in [0.3, 0.4) is 0 Å². The lowest BCUT2D eigenvalue weighted by Gasteiger charge is -2.15. The Bertz CT molecular complexity index is 820. The molecule has 0 fully saturated rings. The van der Waals surface area contributed by atoms with E-state index < -0.39 is 15.9 Å². The summed E-state index contributed by atoms with van der Waals surface area (Å²) in [6.07, 6.45) is 0.354. The molecule has 0 aliphatic rings. The highest BCUT2D eigenvalue weighted by atomic mass is 32.2. The quantitative estimate of drug-likeness (QED) is 0.704. The molecule has 0 saturated heterocycles. The summed E-state index contributed by atoms with van der Waals surface area (Å²) < 4.78 is 32.1. The Labute approximate surface area is 154 Å². The van der Waals surface area contributed by atoms with Gasteiger partial charge in [-0.15, -0.1) is 0 Å². The molecule has 0 unspecified atom stereocenters. The van der Waals surface area contributed by atoms with Crippen LogP contribution < -0.4 is 14.8 Å². The number of anilines is 1. The third kappa shape index (κ3) is 6.85. The number of para-hydroxylation sites is 2. The molecule has 0 aromatic heterocycles. The molecule has 7 heteroatoms. The van der Waals surface area contributed by atoms with E-state index >= 15 is 0 Å². The van der Waals surface area contributed by atoms with Gasteiger partial charge in [0.1, 0.15) is 5.75 Å². The Hall–Kier alpha value is -2.38. The summed E-state index contributed by atoms with van der Waals surface area (Å²) >= 11 is 0. The molecule has 2 N–H and O–H groups in total. The van der Waals surface area contributed by atoms with Gasteiger partial charge in [0.25, 0.3) is 0 Å². The number of carbonyl (C=O) groups excluding carboxylic acids is 1. The normalized spacial score (nSPS) is 11.3. The van der Waals surface area contributed by atoms with E-state index in [1.807, 2.05) is 44.2 Å². The van der Waals surface area contributed by atoms with Crippen molar-refractivity contribution < 1.29 is 17.9 Å². The molecule has 1 amide bonds. The SMILES string of the molecule is CC(C)Oc1ccccc1NC(=O)CNS(=O)(=O)CCc1ccccc1. The first-order valence-corrected chi connectivity index (χ1v) is 10.1. The van der Waals surface area contributed by atoms with Crippen molar-refractivity contribution in [2.45, 2.75) is 26.4 Å². The summed E-state index contributed by atoms with van der Waals surface area (Å²) in [7, 11) is -3.54. The van der Waals surface area contributed by atoms with Crippen LogP contribution in [0.4, 0.5) is 5.69 Å². The van der Waals surface area contributed by atoms with Crippen molar-refractivity contribution in [1.29, 1.82) is 0 Å². The fourth-order valence-electron chi connectivity index (χ4n) is 2.27. The van der Waals surface area contributed by atoms with Crippen molar-refractivity contribution in [3.8, 4) is 5.75 Å². The molecule has 6 nitrogen and oxygen atoms in total. The standard InChI is InChI=1S/C19H24N2O4S/c1-15(2)25-18-11-7-6-10-17(18)21-19(22)14-20-26(23,24)13-12-16-8-4-3-5-9-16/h3-11,15,20H,12-14H2,1-2H3,(H,21,22). The number of ether oxygens (including phenoxy) is 1. The minimum atomic E-state index is -3.54. The zero-order valence-electron chi connectivity index (χ0n) is 14.9. The first kappa shape index (κ1) is 19.9. The number of hydrogen-bond donors (Lipinski definition) is 2. The van der Waals surface area contributed by atoms with Crippen molar-refractivity contribution in [2.75, 3.05) is 17.6 Å². The summed E-state index contributed by atoms with van der Waals surface area (Å²) in [6, 6.07) is 16.4. The molecule has 0 aliphatic carbocycles. The first-order valence-electron chi connectivity index (χ1n) is 8.42. The summed E-state index contributed by atoms with van der Waals surface area (Å²) in [5.74, 6) is 0.0213. The lowest BCUT2D eigenvalue weighted by atomic mass is 10.2. The molecular formula is C19H24N2O4S. The van der Waals surface area contributed by atoms with Crippen molar-refractivity contribution >= 4 is 21.6 Å². The molecule has 0 spiro atoms. The number of carbonyl (C=O) groups is 1. The minimum Gasteiger partial charge on any atom is -0.489 e. The highest BCUT2D eigenvalue weighted by Gasteiger charge is 2.14. The lowest BCUT2D eigenvalue weighted by Crippen LogP contribution is -2.34. The van der Waals surface area contributed by atoms with Gasteiger partial charge in [0, 0.05) is 0 Å². The average molecular weight is 376 g/mol. The van der Waals surface area contributed by atoms with Gasteiger partial charge in [0.15, 0.2) is 0 Å². The molecule has 26 heavy (non-hydrogen) atoms. The summed E-state index contributed by atoms with van der Waals surface area (Å²) in [5, 5.41) is 2.67. The van der Waals surface area contributed by atoms with E-state index in [9.17, 15) is 13.2 Å².